The lowest BCUT2D eigenvalue weighted by atomic mass is 10.1. The molecule has 0 spiro atoms. The summed E-state index contributed by atoms with van der Waals surface area (Å²) in [6, 6.07) is 7.30. The fourth-order valence-electron chi connectivity index (χ4n) is 1.31. The molecule has 0 bridgehead atoms. The standard InChI is InChI=1S/C13H16ClN3OS/c1-13(2,3)15-8-11-16-17-12(19-11)18-10-7-5-4-6-9(10)14/h4-7,15H,8H2,1-3H3. The van der Waals surface area contributed by atoms with Crippen LogP contribution in [0.5, 0.6) is 10.9 Å². The largest absolute Gasteiger partial charge is 0.428 e. The first-order valence-corrected chi connectivity index (χ1v) is 7.13. The molecule has 0 aliphatic rings. The minimum Gasteiger partial charge on any atom is -0.428 e. The van der Waals surface area contributed by atoms with Crippen molar-refractivity contribution in [3.05, 3.63) is 34.3 Å². The van der Waals surface area contributed by atoms with Crippen LogP contribution in [0.25, 0.3) is 0 Å². The topological polar surface area (TPSA) is 47.0 Å². The SMILES string of the molecule is CC(C)(C)NCc1nnc(Oc2ccccc2Cl)s1. The van der Waals surface area contributed by atoms with Crippen molar-refractivity contribution < 1.29 is 4.74 Å². The molecule has 0 saturated carbocycles. The fraction of sp³-hybridized carbons (Fsp3) is 0.385. The van der Waals surface area contributed by atoms with E-state index >= 15 is 0 Å². The van der Waals surface area contributed by atoms with Crippen LogP contribution < -0.4 is 10.1 Å². The maximum Gasteiger partial charge on any atom is 0.299 e. The van der Waals surface area contributed by atoms with Crippen molar-refractivity contribution in [3.63, 3.8) is 0 Å². The third-order valence-corrected chi connectivity index (χ3v) is 3.37. The molecule has 0 unspecified atom stereocenters. The minimum atomic E-state index is 0.0510. The van der Waals surface area contributed by atoms with Gasteiger partial charge in [-0.1, -0.05) is 40.2 Å². The molecule has 0 amide bonds. The highest BCUT2D eigenvalue weighted by Crippen LogP contribution is 2.30. The van der Waals surface area contributed by atoms with Gasteiger partial charge in [0, 0.05) is 5.54 Å². The molecule has 0 aliphatic carbocycles. The number of nitrogens with one attached hydrogen (secondary N) is 1. The van der Waals surface area contributed by atoms with Crippen molar-refractivity contribution in [3.8, 4) is 10.9 Å². The lowest BCUT2D eigenvalue weighted by Gasteiger charge is -2.19. The number of aromatic nitrogens is 2. The van der Waals surface area contributed by atoms with Crippen LogP contribution in [0.4, 0.5) is 0 Å². The lowest BCUT2D eigenvalue weighted by molar-refractivity contribution is 0.423. The minimum absolute atomic E-state index is 0.0510. The van der Waals surface area contributed by atoms with E-state index in [0.717, 1.165) is 5.01 Å². The smallest absolute Gasteiger partial charge is 0.299 e. The highest BCUT2D eigenvalue weighted by Gasteiger charge is 2.12. The number of benzene rings is 1. The zero-order valence-electron chi connectivity index (χ0n) is 11.1. The third kappa shape index (κ3) is 4.45. The summed E-state index contributed by atoms with van der Waals surface area (Å²) in [7, 11) is 0. The van der Waals surface area contributed by atoms with Gasteiger partial charge in [-0.05, 0) is 32.9 Å². The molecule has 1 N–H and O–H groups in total. The fourth-order valence-corrected chi connectivity index (χ4v) is 2.13. The van der Waals surface area contributed by atoms with Crippen LogP contribution >= 0.6 is 22.9 Å². The molecular formula is C13H16ClN3OS. The van der Waals surface area contributed by atoms with Crippen molar-refractivity contribution in [2.24, 2.45) is 0 Å². The second-order valence-electron chi connectivity index (χ2n) is 5.10. The molecule has 0 radical (unpaired) electrons. The molecule has 0 atom stereocenters. The summed E-state index contributed by atoms with van der Waals surface area (Å²) in [6.45, 7) is 6.99. The Kier molecular flexibility index (Phi) is 4.39. The Morgan fingerprint density at radius 1 is 1.26 bits per heavy atom. The average Bonchev–Trinajstić information content (AvgIpc) is 2.77. The molecule has 1 aromatic heterocycles. The van der Waals surface area contributed by atoms with Gasteiger partial charge < -0.3 is 10.1 Å². The van der Waals surface area contributed by atoms with Crippen LogP contribution in [0, 0.1) is 0 Å². The van der Waals surface area contributed by atoms with E-state index < -0.39 is 0 Å². The van der Waals surface area contributed by atoms with Crippen LogP contribution in [-0.2, 0) is 6.54 Å². The van der Waals surface area contributed by atoms with E-state index in [4.69, 9.17) is 16.3 Å². The van der Waals surface area contributed by atoms with Crippen molar-refractivity contribution in [1.29, 1.82) is 0 Å². The van der Waals surface area contributed by atoms with Gasteiger partial charge in [-0.3, -0.25) is 0 Å². The van der Waals surface area contributed by atoms with E-state index in [9.17, 15) is 0 Å². The molecular weight excluding hydrogens is 282 g/mol. The van der Waals surface area contributed by atoms with Crippen LogP contribution in [0.1, 0.15) is 25.8 Å². The summed E-state index contributed by atoms with van der Waals surface area (Å²) in [6.07, 6.45) is 0. The number of para-hydroxylation sites is 1. The summed E-state index contributed by atoms with van der Waals surface area (Å²) in [5.74, 6) is 0.593. The van der Waals surface area contributed by atoms with Crippen LogP contribution in [0.2, 0.25) is 5.02 Å². The quantitative estimate of drug-likeness (QED) is 0.930. The lowest BCUT2D eigenvalue weighted by Crippen LogP contribution is -2.35. The molecule has 1 aromatic carbocycles. The maximum absolute atomic E-state index is 6.02. The molecule has 2 aromatic rings. The molecule has 102 valence electrons. The predicted molar refractivity (Wildman–Crippen MR) is 78.0 cm³/mol. The molecule has 1 heterocycles. The van der Waals surface area contributed by atoms with Gasteiger partial charge in [-0.2, -0.15) is 0 Å². The van der Waals surface area contributed by atoms with Crippen molar-refractivity contribution >= 4 is 22.9 Å². The van der Waals surface area contributed by atoms with E-state index in [0.29, 0.717) is 22.5 Å². The van der Waals surface area contributed by atoms with Crippen LogP contribution in [-0.4, -0.2) is 15.7 Å². The normalized spacial score (nSPS) is 11.6. The van der Waals surface area contributed by atoms with Gasteiger partial charge in [0.05, 0.1) is 11.6 Å². The van der Waals surface area contributed by atoms with E-state index in [1.54, 1.807) is 12.1 Å². The van der Waals surface area contributed by atoms with E-state index in [1.165, 1.54) is 11.3 Å². The predicted octanol–water partition coefficient (Wildman–Crippen LogP) is 3.87. The van der Waals surface area contributed by atoms with E-state index in [1.807, 2.05) is 12.1 Å². The van der Waals surface area contributed by atoms with Gasteiger partial charge in [0.25, 0.3) is 5.19 Å². The van der Waals surface area contributed by atoms with Gasteiger partial charge in [-0.15, -0.1) is 5.10 Å². The van der Waals surface area contributed by atoms with Crippen LogP contribution in [0.3, 0.4) is 0 Å². The summed E-state index contributed by atoms with van der Waals surface area (Å²) < 4.78 is 5.61. The Labute approximate surface area is 121 Å². The first-order chi connectivity index (χ1) is 8.94. The third-order valence-electron chi connectivity index (χ3n) is 2.25. The van der Waals surface area contributed by atoms with Crippen LogP contribution in [0.15, 0.2) is 24.3 Å². The number of halogens is 1. The zero-order valence-corrected chi connectivity index (χ0v) is 12.7. The Balaban J connectivity index is 2.00. The summed E-state index contributed by atoms with van der Waals surface area (Å²) in [5.41, 5.74) is 0.0510. The molecule has 6 heteroatoms. The zero-order chi connectivity index (χ0) is 13.9. The average molecular weight is 298 g/mol. The van der Waals surface area contributed by atoms with Crippen molar-refractivity contribution in [2.75, 3.05) is 0 Å². The molecule has 0 saturated heterocycles. The Morgan fingerprint density at radius 2 is 2.00 bits per heavy atom. The number of hydrogen-bond acceptors (Lipinski definition) is 5. The van der Waals surface area contributed by atoms with Gasteiger partial charge in [-0.25, -0.2) is 0 Å². The Hall–Kier alpha value is -1.17. The summed E-state index contributed by atoms with van der Waals surface area (Å²) in [5, 5.41) is 13.4. The summed E-state index contributed by atoms with van der Waals surface area (Å²) in [4.78, 5) is 0. The number of hydrogen-bond donors (Lipinski definition) is 1. The van der Waals surface area contributed by atoms with Gasteiger partial charge in [0.1, 0.15) is 10.8 Å². The van der Waals surface area contributed by atoms with Crippen molar-refractivity contribution in [1.82, 2.24) is 15.5 Å². The van der Waals surface area contributed by atoms with Crippen molar-refractivity contribution in [2.45, 2.75) is 32.9 Å². The second-order valence-corrected chi connectivity index (χ2v) is 6.53. The molecule has 0 fully saturated rings. The Bertz CT molecular complexity index is 551. The van der Waals surface area contributed by atoms with Gasteiger partial charge >= 0.3 is 0 Å². The number of ether oxygens (including phenoxy) is 1. The maximum atomic E-state index is 6.02. The molecule has 19 heavy (non-hydrogen) atoms. The number of rotatable bonds is 4. The highest BCUT2D eigenvalue weighted by atomic mass is 35.5. The molecule has 0 aliphatic heterocycles. The number of nitrogens with zero attached hydrogens (tertiary/aromatic N) is 2. The highest BCUT2D eigenvalue weighted by molar-refractivity contribution is 7.13. The van der Waals surface area contributed by atoms with E-state index in [-0.39, 0.29) is 5.54 Å². The monoisotopic (exact) mass is 297 g/mol. The summed E-state index contributed by atoms with van der Waals surface area (Å²) >= 11 is 7.43. The Morgan fingerprint density at radius 3 is 2.68 bits per heavy atom. The molecule has 4 nitrogen and oxygen atoms in total. The van der Waals surface area contributed by atoms with Gasteiger partial charge in [0.15, 0.2) is 0 Å². The second kappa shape index (κ2) is 5.86. The first-order valence-electron chi connectivity index (χ1n) is 5.94. The first kappa shape index (κ1) is 14.2. The molecule has 2 rings (SSSR count). The van der Waals surface area contributed by atoms with Gasteiger partial charge in [0.2, 0.25) is 0 Å². The van der Waals surface area contributed by atoms with E-state index in [2.05, 4.69) is 36.3 Å².